The molecule has 3 atom stereocenters. The number of hydrogen-bond donors (Lipinski definition) is 0. The Hall–Kier alpha value is -2.25. The maximum Gasteiger partial charge on any atom is 0.338 e. The quantitative estimate of drug-likeness (QED) is 0.544. The highest BCUT2D eigenvalue weighted by Crippen LogP contribution is 2.37. The normalized spacial score (nSPS) is 24.8. The van der Waals surface area contributed by atoms with Gasteiger partial charge < -0.3 is 14.2 Å². The van der Waals surface area contributed by atoms with Gasteiger partial charge in [-0.25, -0.2) is 14.0 Å². The molecule has 1 heterocycles. The van der Waals surface area contributed by atoms with Crippen molar-refractivity contribution in [3.63, 3.8) is 0 Å². The van der Waals surface area contributed by atoms with Crippen LogP contribution in [0.1, 0.15) is 20.7 Å². The fraction of sp³-hybridized carbons (Fsp3) is 0.263. The van der Waals surface area contributed by atoms with E-state index in [1.807, 2.05) is 0 Å². The van der Waals surface area contributed by atoms with Crippen molar-refractivity contribution >= 4 is 27.9 Å². The van der Waals surface area contributed by atoms with E-state index >= 15 is 0 Å². The van der Waals surface area contributed by atoms with Crippen molar-refractivity contribution in [1.82, 2.24) is 0 Å². The fourth-order valence-electron chi connectivity index (χ4n) is 2.53. The van der Waals surface area contributed by atoms with E-state index in [4.69, 9.17) is 14.2 Å². The molecule has 26 heavy (non-hydrogen) atoms. The molecule has 136 valence electrons. The third-order valence-electron chi connectivity index (χ3n) is 3.88. The van der Waals surface area contributed by atoms with E-state index in [0.29, 0.717) is 11.1 Å². The smallest absolute Gasteiger partial charge is 0.338 e. The minimum atomic E-state index is -2.05. The molecule has 7 heteroatoms. The standard InChI is InChI=1S/C19H16BrFO5/c20-19(21)12-25-15(11-24-17(22)13-7-3-1-4-8-13)16(19)26-18(23)14-9-5-2-6-10-14/h1-10,15-16H,11-12H2/t15-,16-,19?/m1/s1. The summed E-state index contributed by atoms with van der Waals surface area (Å²) in [6.07, 6.45) is -2.17. The average molecular weight is 423 g/mol. The van der Waals surface area contributed by atoms with Gasteiger partial charge in [0.2, 0.25) is 4.58 Å². The predicted octanol–water partition coefficient (Wildman–Crippen LogP) is 3.53. The van der Waals surface area contributed by atoms with Crippen LogP contribution in [0.5, 0.6) is 0 Å². The zero-order valence-corrected chi connectivity index (χ0v) is 15.2. The molecule has 1 saturated heterocycles. The summed E-state index contributed by atoms with van der Waals surface area (Å²) in [5.74, 6) is -1.24. The summed E-state index contributed by atoms with van der Waals surface area (Å²) in [6, 6.07) is 16.6. The molecule has 1 unspecified atom stereocenters. The van der Waals surface area contributed by atoms with Crippen molar-refractivity contribution in [2.75, 3.05) is 13.2 Å². The lowest BCUT2D eigenvalue weighted by Crippen LogP contribution is -2.41. The molecule has 0 saturated carbocycles. The number of rotatable bonds is 5. The Morgan fingerprint density at radius 2 is 1.58 bits per heavy atom. The number of carbonyl (C=O) groups is 2. The number of esters is 2. The first-order valence-corrected chi connectivity index (χ1v) is 8.74. The van der Waals surface area contributed by atoms with Gasteiger partial charge in [0.15, 0.2) is 6.10 Å². The van der Waals surface area contributed by atoms with Gasteiger partial charge in [0.05, 0.1) is 17.7 Å². The molecule has 1 aliphatic heterocycles. The second-order valence-corrected chi connectivity index (χ2v) is 7.09. The second-order valence-electron chi connectivity index (χ2n) is 5.77. The Labute approximate surface area is 158 Å². The SMILES string of the molecule is O=C(OC[C@H]1OCC(F)(Br)[C@@H]1OC(=O)c1ccccc1)c1ccccc1. The molecule has 0 aliphatic carbocycles. The predicted molar refractivity (Wildman–Crippen MR) is 94.9 cm³/mol. The summed E-state index contributed by atoms with van der Waals surface area (Å²) < 4.78 is 28.4. The lowest BCUT2D eigenvalue weighted by Gasteiger charge is -2.23. The molecule has 1 aliphatic rings. The van der Waals surface area contributed by atoms with Crippen LogP contribution >= 0.6 is 15.9 Å². The van der Waals surface area contributed by atoms with E-state index in [9.17, 15) is 14.0 Å². The summed E-state index contributed by atoms with van der Waals surface area (Å²) in [5, 5.41) is 0. The molecule has 3 rings (SSSR count). The monoisotopic (exact) mass is 422 g/mol. The first kappa shape index (κ1) is 18.5. The van der Waals surface area contributed by atoms with Gasteiger partial charge >= 0.3 is 11.9 Å². The van der Waals surface area contributed by atoms with Crippen molar-refractivity contribution in [3.8, 4) is 0 Å². The number of halogens is 2. The number of ether oxygens (including phenoxy) is 3. The molecule has 2 aromatic carbocycles. The Morgan fingerprint density at radius 1 is 1.04 bits per heavy atom. The van der Waals surface area contributed by atoms with Crippen LogP contribution in [0.4, 0.5) is 4.39 Å². The van der Waals surface area contributed by atoms with E-state index in [-0.39, 0.29) is 13.2 Å². The fourth-order valence-corrected chi connectivity index (χ4v) is 3.05. The van der Waals surface area contributed by atoms with Gasteiger partial charge in [-0.15, -0.1) is 0 Å². The number of carbonyl (C=O) groups excluding carboxylic acids is 2. The van der Waals surface area contributed by atoms with Crippen LogP contribution < -0.4 is 0 Å². The molecule has 5 nitrogen and oxygen atoms in total. The average Bonchev–Trinajstić information content (AvgIpc) is 2.95. The molecule has 0 amide bonds. The minimum Gasteiger partial charge on any atom is -0.459 e. The maximum atomic E-state index is 14.6. The zero-order chi connectivity index (χ0) is 18.6. The van der Waals surface area contributed by atoms with E-state index in [0.717, 1.165) is 0 Å². The molecule has 0 spiro atoms. The Bertz CT molecular complexity index is 766. The van der Waals surface area contributed by atoms with Gasteiger partial charge in [0.25, 0.3) is 0 Å². The van der Waals surface area contributed by atoms with Crippen LogP contribution in [0, 0.1) is 0 Å². The van der Waals surface area contributed by atoms with Crippen molar-refractivity contribution in [1.29, 1.82) is 0 Å². The molecular formula is C19H16BrFO5. The summed E-state index contributed by atoms with van der Waals surface area (Å²) in [4.78, 5) is 24.2. The first-order chi connectivity index (χ1) is 12.5. The lowest BCUT2D eigenvalue weighted by atomic mass is 10.1. The Balaban J connectivity index is 1.64. The molecule has 0 aromatic heterocycles. The van der Waals surface area contributed by atoms with E-state index in [1.165, 1.54) is 0 Å². The number of benzene rings is 2. The van der Waals surface area contributed by atoms with Gasteiger partial charge in [-0.3, -0.25) is 0 Å². The highest BCUT2D eigenvalue weighted by molar-refractivity contribution is 9.10. The van der Waals surface area contributed by atoms with Crippen LogP contribution in [0.2, 0.25) is 0 Å². The third-order valence-corrected chi connectivity index (χ3v) is 4.56. The summed E-state index contributed by atoms with van der Waals surface area (Å²) in [7, 11) is 0. The largest absolute Gasteiger partial charge is 0.459 e. The minimum absolute atomic E-state index is 0.238. The van der Waals surface area contributed by atoms with Crippen LogP contribution in [0.15, 0.2) is 60.7 Å². The lowest BCUT2D eigenvalue weighted by molar-refractivity contribution is -0.0342. The Kier molecular flexibility index (Phi) is 5.68. The van der Waals surface area contributed by atoms with Gasteiger partial charge in [-0.05, 0) is 40.2 Å². The van der Waals surface area contributed by atoms with Gasteiger partial charge in [-0.1, -0.05) is 36.4 Å². The summed E-state index contributed by atoms with van der Waals surface area (Å²) in [5.41, 5.74) is 0.663. The van der Waals surface area contributed by atoms with Crippen LogP contribution in [0.3, 0.4) is 0 Å². The van der Waals surface area contributed by atoms with Crippen LogP contribution in [0.25, 0.3) is 0 Å². The molecule has 0 N–H and O–H groups in total. The molecule has 0 radical (unpaired) electrons. The van der Waals surface area contributed by atoms with Crippen molar-refractivity contribution < 1.29 is 28.2 Å². The van der Waals surface area contributed by atoms with Crippen molar-refractivity contribution in [2.24, 2.45) is 0 Å². The van der Waals surface area contributed by atoms with Crippen LogP contribution in [-0.4, -0.2) is 41.9 Å². The van der Waals surface area contributed by atoms with E-state index in [2.05, 4.69) is 15.9 Å². The maximum absolute atomic E-state index is 14.6. The summed E-state index contributed by atoms with van der Waals surface area (Å²) >= 11 is 2.89. The highest BCUT2D eigenvalue weighted by atomic mass is 79.9. The Morgan fingerprint density at radius 3 is 2.15 bits per heavy atom. The highest BCUT2D eigenvalue weighted by Gasteiger charge is 2.52. The molecule has 0 bridgehead atoms. The number of hydrogen-bond acceptors (Lipinski definition) is 5. The van der Waals surface area contributed by atoms with E-state index in [1.54, 1.807) is 60.7 Å². The molecule has 1 fully saturated rings. The number of alkyl halides is 2. The second kappa shape index (κ2) is 7.97. The van der Waals surface area contributed by atoms with Crippen molar-refractivity contribution in [2.45, 2.75) is 16.8 Å². The first-order valence-electron chi connectivity index (χ1n) is 7.95. The van der Waals surface area contributed by atoms with Gasteiger partial charge in [-0.2, -0.15) is 0 Å². The molecular weight excluding hydrogens is 407 g/mol. The van der Waals surface area contributed by atoms with Gasteiger partial charge in [0, 0.05) is 0 Å². The van der Waals surface area contributed by atoms with Crippen LogP contribution in [-0.2, 0) is 14.2 Å². The van der Waals surface area contributed by atoms with Crippen molar-refractivity contribution in [3.05, 3.63) is 71.8 Å². The van der Waals surface area contributed by atoms with E-state index < -0.39 is 28.7 Å². The third kappa shape index (κ3) is 4.28. The van der Waals surface area contributed by atoms with Gasteiger partial charge in [0.1, 0.15) is 12.7 Å². The molecule has 2 aromatic rings. The topological polar surface area (TPSA) is 61.8 Å². The summed E-state index contributed by atoms with van der Waals surface area (Å²) in [6.45, 7) is -0.564. The zero-order valence-electron chi connectivity index (χ0n) is 13.6.